The van der Waals surface area contributed by atoms with Crippen LogP contribution in [0.3, 0.4) is 0 Å². The zero-order valence-corrected chi connectivity index (χ0v) is 8.67. The molecule has 1 aromatic rings. The normalized spacial score (nSPS) is 12.2. The molecule has 0 radical (unpaired) electrons. The van der Waals surface area contributed by atoms with Gasteiger partial charge in [-0.15, -0.1) is 0 Å². The van der Waals surface area contributed by atoms with Gasteiger partial charge in [-0.25, -0.2) is 14.7 Å². The third-order valence-electron chi connectivity index (χ3n) is 1.96. The fourth-order valence-corrected chi connectivity index (χ4v) is 1.02. The lowest BCUT2D eigenvalue weighted by Gasteiger charge is -2.10. The van der Waals surface area contributed by atoms with Crippen LogP contribution in [-0.4, -0.2) is 18.6 Å². The topological polar surface area (TPSA) is 64.3 Å². The Balaban J connectivity index is 2.63. The van der Waals surface area contributed by atoms with Crippen molar-refractivity contribution in [2.24, 2.45) is 5.90 Å². The van der Waals surface area contributed by atoms with E-state index in [0.29, 0.717) is 0 Å². The molecule has 0 aromatic heterocycles. The van der Waals surface area contributed by atoms with Crippen LogP contribution in [-0.2, 0) is 4.84 Å². The average molecular weight is 230 g/mol. The minimum Gasteiger partial charge on any atom is -0.349 e. The lowest BCUT2D eigenvalue weighted by Crippen LogP contribution is -2.33. The Bertz CT molecular complexity index is 385. The highest BCUT2D eigenvalue weighted by atomic mass is 19.2. The van der Waals surface area contributed by atoms with E-state index in [2.05, 4.69) is 10.2 Å². The molecule has 3 N–H and O–H groups in total. The smallest absolute Gasteiger partial charge is 0.251 e. The molecule has 1 amide bonds. The maximum atomic E-state index is 12.8. The molecule has 88 valence electrons. The summed E-state index contributed by atoms with van der Waals surface area (Å²) in [5, 5.41) is 2.46. The molecule has 0 aliphatic rings. The van der Waals surface area contributed by atoms with Gasteiger partial charge in [0.05, 0.1) is 6.10 Å². The minimum atomic E-state index is -1.06. The van der Waals surface area contributed by atoms with Gasteiger partial charge in [0, 0.05) is 12.1 Å². The van der Waals surface area contributed by atoms with E-state index in [4.69, 9.17) is 5.90 Å². The number of halogens is 2. The van der Waals surface area contributed by atoms with Crippen LogP contribution in [0.4, 0.5) is 8.78 Å². The summed E-state index contributed by atoms with van der Waals surface area (Å²) in [6.07, 6.45) is -0.353. The van der Waals surface area contributed by atoms with Gasteiger partial charge in [0.2, 0.25) is 0 Å². The van der Waals surface area contributed by atoms with Crippen LogP contribution < -0.4 is 11.2 Å². The van der Waals surface area contributed by atoms with Gasteiger partial charge in [0.25, 0.3) is 5.91 Å². The van der Waals surface area contributed by atoms with E-state index < -0.39 is 17.5 Å². The van der Waals surface area contributed by atoms with Crippen LogP contribution >= 0.6 is 0 Å². The molecule has 0 saturated heterocycles. The van der Waals surface area contributed by atoms with E-state index in [0.717, 1.165) is 12.1 Å². The van der Waals surface area contributed by atoms with Crippen LogP contribution in [0.2, 0.25) is 0 Å². The zero-order valence-electron chi connectivity index (χ0n) is 8.67. The first-order chi connectivity index (χ1) is 7.54. The molecular weight excluding hydrogens is 218 g/mol. The second kappa shape index (κ2) is 5.53. The molecule has 0 fully saturated rings. The molecule has 0 spiro atoms. The molecular formula is C10H12F2N2O2. The Kier molecular flexibility index (Phi) is 4.33. The van der Waals surface area contributed by atoms with Crippen LogP contribution in [0.15, 0.2) is 18.2 Å². The first-order valence-corrected chi connectivity index (χ1v) is 4.63. The second-order valence-corrected chi connectivity index (χ2v) is 3.29. The van der Waals surface area contributed by atoms with E-state index in [1.807, 2.05) is 0 Å². The Morgan fingerprint density at radius 3 is 2.75 bits per heavy atom. The number of amides is 1. The maximum absolute atomic E-state index is 12.8. The Morgan fingerprint density at radius 1 is 1.50 bits per heavy atom. The SMILES string of the molecule is CC(CNC(=O)c1ccc(F)c(F)c1)ON. The number of nitrogens with one attached hydrogen (secondary N) is 1. The van der Waals surface area contributed by atoms with Crippen molar-refractivity contribution in [3.05, 3.63) is 35.4 Å². The zero-order chi connectivity index (χ0) is 12.1. The molecule has 4 nitrogen and oxygen atoms in total. The fraction of sp³-hybridized carbons (Fsp3) is 0.300. The molecule has 0 aliphatic carbocycles. The summed E-state index contributed by atoms with van der Waals surface area (Å²) >= 11 is 0. The van der Waals surface area contributed by atoms with Gasteiger partial charge in [-0.3, -0.25) is 9.63 Å². The number of hydrogen-bond acceptors (Lipinski definition) is 3. The standard InChI is InChI=1S/C10H12F2N2O2/c1-6(16-13)5-14-10(15)7-2-3-8(11)9(12)4-7/h2-4,6H,5,13H2,1H3,(H,14,15). The van der Waals surface area contributed by atoms with Crippen LogP contribution in [0, 0.1) is 11.6 Å². The number of nitrogens with two attached hydrogens (primary N) is 1. The predicted octanol–water partition coefficient (Wildman–Crippen LogP) is 0.973. The third-order valence-corrected chi connectivity index (χ3v) is 1.96. The van der Waals surface area contributed by atoms with Gasteiger partial charge in [-0.05, 0) is 25.1 Å². The summed E-state index contributed by atoms with van der Waals surface area (Å²) in [4.78, 5) is 15.9. The van der Waals surface area contributed by atoms with Gasteiger partial charge >= 0.3 is 0 Å². The maximum Gasteiger partial charge on any atom is 0.251 e. The highest BCUT2D eigenvalue weighted by Gasteiger charge is 2.10. The van der Waals surface area contributed by atoms with Gasteiger partial charge in [-0.2, -0.15) is 0 Å². The largest absolute Gasteiger partial charge is 0.349 e. The number of carbonyl (C=O) groups excluding carboxylic acids is 1. The molecule has 6 heteroatoms. The van der Waals surface area contributed by atoms with Crippen LogP contribution in [0.25, 0.3) is 0 Å². The van der Waals surface area contributed by atoms with E-state index in [-0.39, 0.29) is 18.2 Å². The van der Waals surface area contributed by atoms with Crippen LogP contribution in [0.5, 0.6) is 0 Å². The summed E-state index contributed by atoms with van der Waals surface area (Å²) in [5.41, 5.74) is 0.0446. The van der Waals surface area contributed by atoms with Crippen molar-refractivity contribution in [1.82, 2.24) is 5.32 Å². The van der Waals surface area contributed by atoms with Gasteiger partial charge < -0.3 is 5.32 Å². The van der Waals surface area contributed by atoms with Crippen molar-refractivity contribution >= 4 is 5.91 Å². The lowest BCUT2D eigenvalue weighted by molar-refractivity contribution is 0.0622. The molecule has 1 unspecified atom stereocenters. The molecule has 0 bridgehead atoms. The summed E-state index contributed by atoms with van der Waals surface area (Å²) < 4.78 is 25.4. The summed E-state index contributed by atoms with van der Waals surface area (Å²) in [7, 11) is 0. The van der Waals surface area contributed by atoms with E-state index in [1.54, 1.807) is 6.92 Å². The van der Waals surface area contributed by atoms with Crippen molar-refractivity contribution in [3.63, 3.8) is 0 Å². The Labute approximate surface area is 91.3 Å². The summed E-state index contributed by atoms with van der Waals surface area (Å²) in [5.74, 6) is 2.32. The Morgan fingerprint density at radius 2 is 2.19 bits per heavy atom. The summed E-state index contributed by atoms with van der Waals surface area (Å²) in [6.45, 7) is 1.85. The molecule has 1 atom stereocenters. The monoisotopic (exact) mass is 230 g/mol. The lowest BCUT2D eigenvalue weighted by atomic mass is 10.2. The third kappa shape index (κ3) is 3.25. The van der Waals surface area contributed by atoms with Gasteiger partial charge in [0.1, 0.15) is 0 Å². The van der Waals surface area contributed by atoms with Crippen molar-refractivity contribution in [2.75, 3.05) is 6.54 Å². The van der Waals surface area contributed by atoms with Crippen molar-refractivity contribution in [2.45, 2.75) is 13.0 Å². The van der Waals surface area contributed by atoms with Crippen molar-refractivity contribution in [3.8, 4) is 0 Å². The number of hydrogen-bond donors (Lipinski definition) is 2. The molecule has 16 heavy (non-hydrogen) atoms. The molecule has 1 rings (SSSR count). The molecule has 1 aromatic carbocycles. The van der Waals surface area contributed by atoms with Gasteiger partial charge in [-0.1, -0.05) is 0 Å². The number of benzene rings is 1. The quantitative estimate of drug-likeness (QED) is 0.757. The minimum absolute atomic E-state index is 0.0446. The molecule has 0 aliphatic heterocycles. The Hall–Kier alpha value is -1.53. The first kappa shape index (κ1) is 12.5. The second-order valence-electron chi connectivity index (χ2n) is 3.29. The van der Waals surface area contributed by atoms with Gasteiger partial charge in [0.15, 0.2) is 11.6 Å². The predicted molar refractivity (Wildman–Crippen MR) is 53.4 cm³/mol. The van der Waals surface area contributed by atoms with Crippen molar-refractivity contribution in [1.29, 1.82) is 0 Å². The van der Waals surface area contributed by atoms with E-state index in [9.17, 15) is 13.6 Å². The number of carbonyl (C=O) groups is 1. The van der Waals surface area contributed by atoms with Crippen molar-refractivity contribution < 1.29 is 18.4 Å². The highest BCUT2D eigenvalue weighted by molar-refractivity contribution is 5.94. The molecule has 0 saturated carbocycles. The average Bonchev–Trinajstić information content (AvgIpc) is 2.29. The first-order valence-electron chi connectivity index (χ1n) is 4.63. The molecule has 0 heterocycles. The van der Waals surface area contributed by atoms with Crippen LogP contribution in [0.1, 0.15) is 17.3 Å². The number of rotatable bonds is 4. The highest BCUT2D eigenvalue weighted by Crippen LogP contribution is 2.08. The van der Waals surface area contributed by atoms with E-state index in [1.165, 1.54) is 6.07 Å². The fourth-order valence-electron chi connectivity index (χ4n) is 1.02. The van der Waals surface area contributed by atoms with E-state index >= 15 is 0 Å². The summed E-state index contributed by atoms with van der Waals surface area (Å²) in [6, 6.07) is 2.92.